The molecular weight excluding hydrogens is 337 g/mol. The van der Waals surface area contributed by atoms with Gasteiger partial charge in [-0.1, -0.05) is 18.2 Å². The number of nitrogens with zero attached hydrogens (tertiary/aromatic N) is 1. The SMILES string of the molecule is CC1=C(CN2C=CC2)CCc2cc(OCCCc3cccc(F)c3)ccc21. The number of halogens is 1. The lowest BCUT2D eigenvalue weighted by atomic mass is 9.86. The smallest absolute Gasteiger partial charge is 0.123 e. The second-order valence-electron chi connectivity index (χ2n) is 7.44. The molecule has 0 unspecified atom stereocenters. The zero-order valence-electron chi connectivity index (χ0n) is 15.9. The largest absolute Gasteiger partial charge is 0.494 e. The number of allylic oxidation sites excluding steroid dienone is 1. The van der Waals surface area contributed by atoms with E-state index >= 15 is 0 Å². The van der Waals surface area contributed by atoms with Gasteiger partial charge in [-0.25, -0.2) is 4.39 Å². The number of hydrogen-bond donors (Lipinski definition) is 0. The van der Waals surface area contributed by atoms with Crippen molar-refractivity contribution in [2.45, 2.75) is 32.6 Å². The molecule has 0 saturated heterocycles. The van der Waals surface area contributed by atoms with Gasteiger partial charge >= 0.3 is 0 Å². The first-order valence-electron chi connectivity index (χ1n) is 9.79. The van der Waals surface area contributed by atoms with Crippen LogP contribution in [0.15, 0.2) is 60.3 Å². The van der Waals surface area contributed by atoms with E-state index in [1.165, 1.54) is 22.8 Å². The summed E-state index contributed by atoms with van der Waals surface area (Å²) in [4.78, 5) is 2.36. The summed E-state index contributed by atoms with van der Waals surface area (Å²) in [5.41, 5.74) is 6.75. The fourth-order valence-corrected chi connectivity index (χ4v) is 3.87. The highest BCUT2D eigenvalue weighted by Gasteiger charge is 2.18. The molecule has 0 amide bonds. The minimum atomic E-state index is -0.170. The molecule has 140 valence electrons. The quantitative estimate of drug-likeness (QED) is 0.612. The van der Waals surface area contributed by atoms with Crippen LogP contribution >= 0.6 is 0 Å². The Morgan fingerprint density at radius 1 is 1.11 bits per heavy atom. The minimum absolute atomic E-state index is 0.170. The molecule has 2 aromatic carbocycles. The Labute approximate surface area is 161 Å². The lowest BCUT2D eigenvalue weighted by Crippen LogP contribution is -2.27. The van der Waals surface area contributed by atoms with Crippen LogP contribution in [0.2, 0.25) is 0 Å². The molecule has 0 N–H and O–H groups in total. The third-order valence-electron chi connectivity index (χ3n) is 5.52. The molecule has 0 bridgehead atoms. The Morgan fingerprint density at radius 2 is 2.00 bits per heavy atom. The van der Waals surface area contributed by atoms with Gasteiger partial charge in [-0.3, -0.25) is 0 Å². The van der Waals surface area contributed by atoms with E-state index in [9.17, 15) is 4.39 Å². The Bertz CT molecular complexity index is 884. The Morgan fingerprint density at radius 3 is 2.78 bits per heavy atom. The molecule has 0 fully saturated rings. The van der Waals surface area contributed by atoms with E-state index in [2.05, 4.69) is 42.3 Å². The van der Waals surface area contributed by atoms with Crippen LogP contribution in [0.5, 0.6) is 5.75 Å². The van der Waals surface area contributed by atoms with E-state index in [0.717, 1.165) is 50.1 Å². The lowest BCUT2D eigenvalue weighted by molar-refractivity contribution is 0.310. The monoisotopic (exact) mass is 363 g/mol. The molecule has 27 heavy (non-hydrogen) atoms. The first kappa shape index (κ1) is 17.8. The highest BCUT2D eigenvalue weighted by Crippen LogP contribution is 2.34. The Kier molecular flexibility index (Phi) is 5.28. The molecule has 0 spiro atoms. The van der Waals surface area contributed by atoms with Crippen molar-refractivity contribution in [1.29, 1.82) is 0 Å². The van der Waals surface area contributed by atoms with E-state index in [1.807, 2.05) is 6.07 Å². The summed E-state index contributed by atoms with van der Waals surface area (Å²) < 4.78 is 19.2. The zero-order valence-corrected chi connectivity index (χ0v) is 15.9. The van der Waals surface area contributed by atoms with Crippen LogP contribution in [0.1, 0.15) is 36.5 Å². The first-order valence-corrected chi connectivity index (χ1v) is 9.79. The normalized spacial score (nSPS) is 15.6. The van der Waals surface area contributed by atoms with Gasteiger partial charge in [-0.15, -0.1) is 0 Å². The van der Waals surface area contributed by atoms with Gasteiger partial charge in [-0.05, 0) is 97.0 Å². The molecule has 0 atom stereocenters. The van der Waals surface area contributed by atoms with Crippen LogP contribution in [0.25, 0.3) is 5.57 Å². The van der Waals surface area contributed by atoms with Gasteiger partial charge in [0.25, 0.3) is 0 Å². The number of aryl methyl sites for hydroxylation is 2. The van der Waals surface area contributed by atoms with Crippen LogP contribution in [0, 0.1) is 5.82 Å². The molecule has 4 rings (SSSR count). The molecule has 0 radical (unpaired) electrons. The topological polar surface area (TPSA) is 12.5 Å². The lowest BCUT2D eigenvalue weighted by Gasteiger charge is -2.30. The maximum Gasteiger partial charge on any atom is 0.123 e. The highest BCUT2D eigenvalue weighted by molar-refractivity contribution is 5.72. The van der Waals surface area contributed by atoms with Crippen molar-refractivity contribution < 1.29 is 9.13 Å². The van der Waals surface area contributed by atoms with Gasteiger partial charge in [-0.2, -0.15) is 0 Å². The van der Waals surface area contributed by atoms with Crippen molar-refractivity contribution >= 4 is 5.57 Å². The summed E-state index contributed by atoms with van der Waals surface area (Å²) >= 11 is 0. The van der Waals surface area contributed by atoms with E-state index < -0.39 is 0 Å². The fourth-order valence-electron chi connectivity index (χ4n) is 3.87. The van der Waals surface area contributed by atoms with E-state index in [1.54, 1.807) is 17.7 Å². The average Bonchev–Trinajstić information content (AvgIpc) is 2.63. The summed E-state index contributed by atoms with van der Waals surface area (Å²) in [6.45, 7) is 5.03. The number of fused-ring (bicyclic) bond motifs is 1. The van der Waals surface area contributed by atoms with Gasteiger partial charge in [0.15, 0.2) is 0 Å². The Balaban J connectivity index is 1.34. The zero-order chi connectivity index (χ0) is 18.6. The van der Waals surface area contributed by atoms with Crippen molar-refractivity contribution in [3.05, 3.63) is 82.8 Å². The number of benzene rings is 2. The van der Waals surface area contributed by atoms with Crippen molar-refractivity contribution in [1.82, 2.24) is 4.90 Å². The second-order valence-corrected chi connectivity index (χ2v) is 7.44. The molecule has 0 aromatic heterocycles. The maximum absolute atomic E-state index is 13.2. The van der Waals surface area contributed by atoms with Crippen molar-refractivity contribution in [2.24, 2.45) is 0 Å². The first-order chi connectivity index (χ1) is 13.2. The van der Waals surface area contributed by atoms with Crippen LogP contribution in [0.4, 0.5) is 4.39 Å². The van der Waals surface area contributed by atoms with Crippen LogP contribution < -0.4 is 4.74 Å². The maximum atomic E-state index is 13.2. The molecular formula is C24H26FNO. The third-order valence-corrected chi connectivity index (χ3v) is 5.52. The number of hydrogen-bond acceptors (Lipinski definition) is 2. The van der Waals surface area contributed by atoms with Crippen molar-refractivity contribution in [3.63, 3.8) is 0 Å². The van der Waals surface area contributed by atoms with Gasteiger partial charge in [0.1, 0.15) is 11.6 Å². The average molecular weight is 363 g/mol. The molecule has 1 heterocycles. The third kappa shape index (κ3) is 4.24. The van der Waals surface area contributed by atoms with Gasteiger partial charge < -0.3 is 9.64 Å². The van der Waals surface area contributed by atoms with Crippen LogP contribution in [-0.2, 0) is 12.8 Å². The van der Waals surface area contributed by atoms with E-state index in [-0.39, 0.29) is 5.82 Å². The minimum Gasteiger partial charge on any atom is -0.494 e. The number of ether oxygens (including phenoxy) is 1. The summed E-state index contributed by atoms with van der Waals surface area (Å²) in [6, 6.07) is 13.3. The van der Waals surface area contributed by atoms with Gasteiger partial charge in [0.05, 0.1) is 6.61 Å². The predicted octanol–water partition coefficient (Wildman–Crippen LogP) is 5.39. The Hall–Kier alpha value is -2.55. The standard InChI is InChI=1S/C24H26FNO/c1-18-21(17-26-12-4-13-26)9-8-20-16-23(10-11-24(18)20)27-14-3-6-19-5-2-7-22(25)15-19/h2,4-5,7,10-12,15-16H,3,6,8-9,13-14,17H2,1H3. The van der Waals surface area contributed by atoms with Crippen molar-refractivity contribution in [2.75, 3.05) is 19.7 Å². The van der Waals surface area contributed by atoms with E-state index in [0.29, 0.717) is 6.61 Å². The predicted molar refractivity (Wildman–Crippen MR) is 108 cm³/mol. The molecule has 2 aromatic rings. The second kappa shape index (κ2) is 7.99. The molecule has 0 saturated carbocycles. The molecule has 2 nitrogen and oxygen atoms in total. The molecule has 1 aliphatic heterocycles. The highest BCUT2D eigenvalue weighted by atomic mass is 19.1. The van der Waals surface area contributed by atoms with Crippen molar-refractivity contribution in [3.8, 4) is 5.75 Å². The number of rotatable bonds is 7. The molecule has 3 heteroatoms. The van der Waals surface area contributed by atoms with E-state index in [4.69, 9.17) is 4.74 Å². The summed E-state index contributed by atoms with van der Waals surface area (Å²) in [7, 11) is 0. The summed E-state index contributed by atoms with van der Waals surface area (Å²) in [5.74, 6) is 0.769. The summed E-state index contributed by atoms with van der Waals surface area (Å²) in [5, 5.41) is 0. The summed E-state index contributed by atoms with van der Waals surface area (Å²) in [6.07, 6.45) is 8.30. The molecule has 1 aliphatic carbocycles. The van der Waals surface area contributed by atoms with Gasteiger partial charge in [0.2, 0.25) is 0 Å². The van der Waals surface area contributed by atoms with Crippen LogP contribution in [0.3, 0.4) is 0 Å². The van der Waals surface area contributed by atoms with Gasteiger partial charge in [0, 0.05) is 13.1 Å². The van der Waals surface area contributed by atoms with Crippen LogP contribution in [-0.4, -0.2) is 24.6 Å². The molecule has 2 aliphatic rings. The fraction of sp³-hybridized carbons (Fsp3) is 0.333.